The number of hydrogen-bond donors (Lipinski definition) is 2. The van der Waals surface area contributed by atoms with E-state index in [1.807, 2.05) is 0 Å². The monoisotopic (exact) mass is 367 g/mol. The number of primary amides is 1. The predicted molar refractivity (Wildman–Crippen MR) is 93.9 cm³/mol. The van der Waals surface area contributed by atoms with Crippen molar-refractivity contribution in [2.45, 2.75) is 31.4 Å². The third kappa shape index (κ3) is 4.92. The molecule has 1 aromatic carbocycles. The second-order valence-electron chi connectivity index (χ2n) is 6.77. The lowest BCUT2D eigenvalue weighted by molar-refractivity contribution is -0.159. The Labute approximate surface area is 152 Å². The minimum absolute atomic E-state index is 0.0647. The fraction of sp³-hybridized carbons (Fsp3) is 0.556. The van der Waals surface area contributed by atoms with Gasteiger partial charge in [-0.25, -0.2) is 4.39 Å². The first-order valence-corrected chi connectivity index (χ1v) is 8.56. The second kappa shape index (κ2) is 8.46. The highest BCUT2D eigenvalue weighted by molar-refractivity contribution is 5.86. The minimum Gasteiger partial charge on any atom is -0.497 e. The molecule has 1 saturated heterocycles. The van der Waals surface area contributed by atoms with E-state index in [1.165, 1.54) is 24.1 Å². The molecule has 0 saturated carbocycles. The average molecular weight is 367 g/mol. The van der Waals surface area contributed by atoms with Gasteiger partial charge < -0.3 is 25.4 Å². The number of nitrogens with zero attached hydrogens (tertiary/aromatic N) is 2. The zero-order valence-corrected chi connectivity index (χ0v) is 15.2. The van der Waals surface area contributed by atoms with E-state index in [0.29, 0.717) is 37.2 Å². The molecule has 2 rings (SSSR count). The van der Waals surface area contributed by atoms with Crippen molar-refractivity contribution in [3.05, 3.63) is 29.6 Å². The first-order valence-electron chi connectivity index (χ1n) is 8.56. The van der Waals surface area contributed by atoms with Crippen LogP contribution in [0.25, 0.3) is 0 Å². The lowest BCUT2D eigenvalue weighted by atomic mass is 9.90. The standard InChI is InChI=1S/C18H26FN3O4/c1-21(9-6-16(20)23)12-18(25)7-3-8-22(17(18)24)11-13-10-14(26-2)4-5-15(13)19/h4-5,10,25H,3,6-9,11-12H2,1-2H3,(H2,20,23)/t18-/m1/s1. The van der Waals surface area contributed by atoms with Gasteiger partial charge in [0.2, 0.25) is 5.91 Å². The highest BCUT2D eigenvalue weighted by Gasteiger charge is 2.42. The topological polar surface area (TPSA) is 96.1 Å². The molecule has 3 N–H and O–H groups in total. The van der Waals surface area contributed by atoms with Gasteiger partial charge in [0, 0.05) is 38.2 Å². The molecular formula is C18H26FN3O4. The number of hydrogen-bond acceptors (Lipinski definition) is 5. The molecule has 0 radical (unpaired) electrons. The van der Waals surface area contributed by atoms with Crippen molar-refractivity contribution >= 4 is 11.8 Å². The summed E-state index contributed by atoms with van der Waals surface area (Å²) in [5.41, 5.74) is 3.91. The van der Waals surface area contributed by atoms with Gasteiger partial charge in [-0.1, -0.05) is 0 Å². The Morgan fingerprint density at radius 3 is 2.88 bits per heavy atom. The van der Waals surface area contributed by atoms with Crippen LogP contribution in [0.5, 0.6) is 5.75 Å². The Morgan fingerprint density at radius 2 is 2.23 bits per heavy atom. The maximum Gasteiger partial charge on any atom is 0.256 e. The highest BCUT2D eigenvalue weighted by Crippen LogP contribution is 2.26. The van der Waals surface area contributed by atoms with Crippen molar-refractivity contribution in [3.8, 4) is 5.75 Å². The summed E-state index contributed by atoms with van der Waals surface area (Å²) in [5, 5.41) is 10.8. The number of benzene rings is 1. The number of ether oxygens (including phenoxy) is 1. The Kier molecular flexibility index (Phi) is 6.55. The largest absolute Gasteiger partial charge is 0.497 e. The molecule has 0 bridgehead atoms. The summed E-state index contributed by atoms with van der Waals surface area (Å²) in [6.07, 6.45) is 1.08. The number of aliphatic hydroxyl groups is 1. The molecule has 1 atom stereocenters. The molecule has 144 valence electrons. The molecule has 1 fully saturated rings. The van der Waals surface area contributed by atoms with E-state index in [4.69, 9.17) is 10.5 Å². The number of halogens is 1. The molecule has 0 unspecified atom stereocenters. The minimum atomic E-state index is -1.56. The Balaban J connectivity index is 2.07. The van der Waals surface area contributed by atoms with Crippen LogP contribution >= 0.6 is 0 Å². The van der Waals surface area contributed by atoms with Gasteiger partial charge >= 0.3 is 0 Å². The molecule has 1 aromatic rings. The summed E-state index contributed by atoms with van der Waals surface area (Å²) in [5.74, 6) is -0.788. The number of carbonyl (C=O) groups is 2. The van der Waals surface area contributed by atoms with Crippen molar-refractivity contribution in [2.24, 2.45) is 5.73 Å². The maximum atomic E-state index is 14.1. The molecule has 1 aliphatic rings. The lowest BCUT2D eigenvalue weighted by Crippen LogP contribution is -2.58. The van der Waals surface area contributed by atoms with Gasteiger partial charge in [0.1, 0.15) is 11.6 Å². The Hall–Kier alpha value is -2.19. The number of methoxy groups -OCH3 is 1. The summed E-state index contributed by atoms with van der Waals surface area (Å²) in [6.45, 7) is 0.962. The number of amides is 2. The third-order valence-electron chi connectivity index (χ3n) is 4.59. The van der Waals surface area contributed by atoms with Crippen LogP contribution in [-0.4, -0.2) is 66.1 Å². The lowest BCUT2D eigenvalue weighted by Gasteiger charge is -2.40. The molecule has 1 aliphatic heterocycles. The number of likely N-dealkylation sites (tertiary alicyclic amines) is 1. The molecule has 0 aliphatic carbocycles. The van der Waals surface area contributed by atoms with Crippen LogP contribution in [0.15, 0.2) is 18.2 Å². The van der Waals surface area contributed by atoms with Gasteiger partial charge in [0.05, 0.1) is 7.11 Å². The van der Waals surface area contributed by atoms with Gasteiger partial charge in [0.15, 0.2) is 5.60 Å². The number of likely N-dealkylation sites (N-methyl/N-ethyl adjacent to an activating group) is 1. The van der Waals surface area contributed by atoms with Crippen LogP contribution in [0, 0.1) is 5.82 Å². The zero-order chi connectivity index (χ0) is 19.3. The van der Waals surface area contributed by atoms with E-state index in [1.54, 1.807) is 18.0 Å². The zero-order valence-electron chi connectivity index (χ0n) is 15.2. The second-order valence-corrected chi connectivity index (χ2v) is 6.77. The van der Waals surface area contributed by atoms with Crippen molar-refractivity contribution in [3.63, 3.8) is 0 Å². The van der Waals surface area contributed by atoms with Crippen molar-refractivity contribution in [1.29, 1.82) is 0 Å². The van der Waals surface area contributed by atoms with Gasteiger partial charge in [0.25, 0.3) is 5.91 Å². The van der Waals surface area contributed by atoms with Crippen LogP contribution in [-0.2, 0) is 16.1 Å². The van der Waals surface area contributed by atoms with Gasteiger partial charge in [-0.15, -0.1) is 0 Å². The van der Waals surface area contributed by atoms with E-state index in [0.717, 1.165) is 0 Å². The SMILES string of the molecule is COc1ccc(F)c(CN2CCC[C@@](O)(CN(C)CCC(N)=O)C2=O)c1. The Bertz CT molecular complexity index is 670. The van der Waals surface area contributed by atoms with Crippen LogP contribution in [0.3, 0.4) is 0 Å². The number of carbonyl (C=O) groups excluding carboxylic acids is 2. The fourth-order valence-corrected chi connectivity index (χ4v) is 3.19. The van der Waals surface area contributed by atoms with Gasteiger partial charge in [-0.3, -0.25) is 9.59 Å². The molecule has 1 heterocycles. The maximum absolute atomic E-state index is 14.1. The molecule has 0 aromatic heterocycles. The third-order valence-corrected chi connectivity index (χ3v) is 4.59. The van der Waals surface area contributed by atoms with Crippen molar-refractivity contribution < 1.29 is 23.8 Å². The summed E-state index contributed by atoms with van der Waals surface area (Å²) in [4.78, 5) is 26.9. The summed E-state index contributed by atoms with van der Waals surface area (Å²) in [7, 11) is 3.21. The van der Waals surface area contributed by atoms with E-state index >= 15 is 0 Å². The number of nitrogens with two attached hydrogens (primary N) is 1. The molecule has 7 nitrogen and oxygen atoms in total. The first kappa shape index (κ1) is 20.1. The van der Waals surface area contributed by atoms with Gasteiger partial charge in [-0.05, 0) is 38.1 Å². The molecular weight excluding hydrogens is 341 g/mol. The van der Waals surface area contributed by atoms with E-state index in [-0.39, 0.29) is 19.5 Å². The predicted octanol–water partition coefficient (Wildman–Crippen LogP) is 0.495. The smallest absolute Gasteiger partial charge is 0.256 e. The first-order chi connectivity index (χ1) is 12.2. The van der Waals surface area contributed by atoms with E-state index in [9.17, 15) is 19.1 Å². The van der Waals surface area contributed by atoms with Gasteiger partial charge in [-0.2, -0.15) is 0 Å². The molecule has 0 spiro atoms. The van der Waals surface area contributed by atoms with Crippen LogP contribution in [0.4, 0.5) is 4.39 Å². The highest BCUT2D eigenvalue weighted by atomic mass is 19.1. The average Bonchev–Trinajstić information content (AvgIpc) is 2.59. The molecule has 2 amide bonds. The molecule has 8 heteroatoms. The normalized spacial score (nSPS) is 20.5. The molecule has 26 heavy (non-hydrogen) atoms. The summed E-state index contributed by atoms with van der Waals surface area (Å²) >= 11 is 0. The van der Waals surface area contributed by atoms with Crippen LogP contribution < -0.4 is 10.5 Å². The Morgan fingerprint density at radius 1 is 1.50 bits per heavy atom. The van der Waals surface area contributed by atoms with Crippen molar-refractivity contribution in [2.75, 3.05) is 33.8 Å². The van der Waals surface area contributed by atoms with Crippen LogP contribution in [0.2, 0.25) is 0 Å². The number of piperidine rings is 1. The quantitative estimate of drug-likeness (QED) is 0.697. The fourth-order valence-electron chi connectivity index (χ4n) is 3.19. The van der Waals surface area contributed by atoms with E-state index < -0.39 is 23.2 Å². The van der Waals surface area contributed by atoms with Crippen molar-refractivity contribution in [1.82, 2.24) is 9.80 Å². The summed E-state index contributed by atoms with van der Waals surface area (Å²) < 4.78 is 19.2. The van der Waals surface area contributed by atoms with Crippen LogP contribution in [0.1, 0.15) is 24.8 Å². The summed E-state index contributed by atoms with van der Waals surface area (Å²) in [6, 6.07) is 4.36. The van der Waals surface area contributed by atoms with E-state index in [2.05, 4.69) is 0 Å². The number of rotatable bonds is 8.